The van der Waals surface area contributed by atoms with Crippen LogP contribution in [0.1, 0.15) is 43.4 Å². The number of methoxy groups -OCH3 is 1. The third-order valence-corrected chi connectivity index (χ3v) is 4.57. The van der Waals surface area contributed by atoms with Gasteiger partial charge in [-0.15, -0.1) is 0 Å². The maximum Gasteiger partial charge on any atom is 0.0801 e. The van der Waals surface area contributed by atoms with Crippen LogP contribution in [0.15, 0.2) is 18.2 Å². The standard InChI is InChI=1S/C16H25NO/c1-4-16(2,18-3)15(17)11-12-8-9-13-6-5-7-14(13)10-12/h8-10,15H,4-7,11,17H2,1-3H3. The molecular weight excluding hydrogens is 222 g/mol. The van der Waals surface area contributed by atoms with Gasteiger partial charge in [-0.3, -0.25) is 0 Å². The molecule has 2 atom stereocenters. The Hall–Kier alpha value is -0.860. The van der Waals surface area contributed by atoms with E-state index in [-0.39, 0.29) is 11.6 Å². The zero-order valence-electron chi connectivity index (χ0n) is 11.8. The molecule has 0 fully saturated rings. The molecule has 2 nitrogen and oxygen atoms in total. The number of fused-ring (bicyclic) bond motifs is 1. The summed E-state index contributed by atoms with van der Waals surface area (Å²) < 4.78 is 5.59. The van der Waals surface area contributed by atoms with E-state index in [1.807, 2.05) is 0 Å². The predicted octanol–water partition coefficient (Wildman–Crippen LogP) is 2.86. The Morgan fingerprint density at radius 2 is 2.06 bits per heavy atom. The normalized spacial score (nSPS) is 19.3. The van der Waals surface area contributed by atoms with E-state index in [1.165, 1.54) is 36.0 Å². The van der Waals surface area contributed by atoms with Gasteiger partial charge in [0.1, 0.15) is 0 Å². The molecule has 0 radical (unpaired) electrons. The maximum absolute atomic E-state index is 6.33. The first kappa shape index (κ1) is 13.6. The summed E-state index contributed by atoms with van der Waals surface area (Å²) in [6.07, 6.45) is 5.61. The number of aryl methyl sites for hydroxylation is 2. The number of nitrogens with two attached hydrogens (primary N) is 1. The van der Waals surface area contributed by atoms with Gasteiger partial charge in [0.15, 0.2) is 0 Å². The molecular formula is C16H25NO. The lowest BCUT2D eigenvalue weighted by Crippen LogP contribution is -2.48. The van der Waals surface area contributed by atoms with Gasteiger partial charge in [-0.1, -0.05) is 25.1 Å². The van der Waals surface area contributed by atoms with Gasteiger partial charge >= 0.3 is 0 Å². The first-order valence-electron chi connectivity index (χ1n) is 7.00. The third-order valence-electron chi connectivity index (χ3n) is 4.57. The second kappa shape index (κ2) is 5.41. The van der Waals surface area contributed by atoms with E-state index in [2.05, 4.69) is 32.0 Å². The smallest absolute Gasteiger partial charge is 0.0801 e. The van der Waals surface area contributed by atoms with E-state index in [0.29, 0.717) is 0 Å². The zero-order chi connectivity index (χ0) is 13.2. The Labute approximate surface area is 111 Å². The molecule has 0 bridgehead atoms. The minimum Gasteiger partial charge on any atom is -0.377 e. The van der Waals surface area contributed by atoms with Gasteiger partial charge in [-0.2, -0.15) is 0 Å². The van der Waals surface area contributed by atoms with Crippen LogP contribution in [0.3, 0.4) is 0 Å². The number of benzene rings is 1. The Bertz CT molecular complexity index is 410. The van der Waals surface area contributed by atoms with Crippen molar-refractivity contribution in [3.05, 3.63) is 34.9 Å². The highest BCUT2D eigenvalue weighted by Crippen LogP contribution is 2.25. The second-order valence-electron chi connectivity index (χ2n) is 5.64. The van der Waals surface area contributed by atoms with Crippen LogP contribution >= 0.6 is 0 Å². The van der Waals surface area contributed by atoms with E-state index < -0.39 is 0 Å². The van der Waals surface area contributed by atoms with E-state index in [9.17, 15) is 0 Å². The fourth-order valence-electron chi connectivity index (χ4n) is 2.78. The summed E-state index contributed by atoms with van der Waals surface area (Å²) in [5.74, 6) is 0. The van der Waals surface area contributed by atoms with Gasteiger partial charge < -0.3 is 10.5 Å². The van der Waals surface area contributed by atoms with Crippen molar-refractivity contribution in [1.29, 1.82) is 0 Å². The lowest BCUT2D eigenvalue weighted by atomic mass is 9.88. The Morgan fingerprint density at radius 1 is 1.33 bits per heavy atom. The molecule has 1 aliphatic rings. The van der Waals surface area contributed by atoms with E-state index in [4.69, 9.17) is 10.5 Å². The van der Waals surface area contributed by atoms with Gasteiger partial charge in [-0.25, -0.2) is 0 Å². The van der Waals surface area contributed by atoms with Crippen LogP contribution < -0.4 is 5.73 Å². The maximum atomic E-state index is 6.33. The zero-order valence-corrected chi connectivity index (χ0v) is 11.8. The van der Waals surface area contributed by atoms with E-state index in [1.54, 1.807) is 7.11 Å². The van der Waals surface area contributed by atoms with Crippen molar-refractivity contribution < 1.29 is 4.74 Å². The molecule has 1 aromatic rings. The van der Waals surface area contributed by atoms with Crippen LogP contribution in [0.5, 0.6) is 0 Å². The molecule has 0 spiro atoms. The number of hydrogen-bond donors (Lipinski definition) is 1. The molecule has 0 amide bonds. The average molecular weight is 247 g/mol. The molecule has 0 saturated heterocycles. The van der Waals surface area contributed by atoms with Crippen molar-refractivity contribution in [2.45, 2.75) is 57.6 Å². The van der Waals surface area contributed by atoms with Gasteiger partial charge in [0.25, 0.3) is 0 Å². The number of rotatable bonds is 5. The van der Waals surface area contributed by atoms with E-state index >= 15 is 0 Å². The average Bonchev–Trinajstić information content (AvgIpc) is 2.85. The Morgan fingerprint density at radius 3 is 2.72 bits per heavy atom. The van der Waals surface area contributed by atoms with Crippen molar-refractivity contribution in [2.24, 2.45) is 5.73 Å². The largest absolute Gasteiger partial charge is 0.377 e. The quantitative estimate of drug-likeness (QED) is 0.868. The highest BCUT2D eigenvalue weighted by Gasteiger charge is 2.29. The Kier molecular flexibility index (Phi) is 4.08. The lowest BCUT2D eigenvalue weighted by Gasteiger charge is -2.33. The minimum absolute atomic E-state index is 0.0481. The first-order chi connectivity index (χ1) is 8.59. The van der Waals surface area contributed by atoms with Gasteiger partial charge in [-0.05, 0) is 55.7 Å². The minimum atomic E-state index is -0.223. The molecule has 100 valence electrons. The SMILES string of the molecule is CCC(C)(OC)C(N)Cc1ccc2c(c1)CCC2. The third kappa shape index (κ3) is 2.60. The van der Waals surface area contributed by atoms with Crippen LogP contribution in [-0.2, 0) is 24.0 Å². The fraction of sp³-hybridized carbons (Fsp3) is 0.625. The number of hydrogen-bond acceptors (Lipinski definition) is 2. The summed E-state index contributed by atoms with van der Waals surface area (Å²) in [5.41, 5.74) is 10.5. The van der Waals surface area contributed by atoms with Crippen LogP contribution in [0.25, 0.3) is 0 Å². The van der Waals surface area contributed by atoms with Crippen molar-refractivity contribution in [1.82, 2.24) is 0 Å². The van der Waals surface area contributed by atoms with Gasteiger partial charge in [0.2, 0.25) is 0 Å². The molecule has 0 heterocycles. The number of ether oxygens (including phenoxy) is 1. The van der Waals surface area contributed by atoms with Crippen LogP contribution in [0, 0.1) is 0 Å². The van der Waals surface area contributed by atoms with Gasteiger partial charge in [0, 0.05) is 13.2 Å². The molecule has 0 aromatic heterocycles. The van der Waals surface area contributed by atoms with Crippen LogP contribution in [0.2, 0.25) is 0 Å². The van der Waals surface area contributed by atoms with Crippen molar-refractivity contribution in [3.63, 3.8) is 0 Å². The van der Waals surface area contributed by atoms with Crippen molar-refractivity contribution >= 4 is 0 Å². The molecule has 2 N–H and O–H groups in total. The summed E-state index contributed by atoms with van der Waals surface area (Å²) in [7, 11) is 1.76. The predicted molar refractivity (Wildman–Crippen MR) is 75.9 cm³/mol. The summed E-state index contributed by atoms with van der Waals surface area (Å²) in [6, 6.07) is 6.90. The monoisotopic (exact) mass is 247 g/mol. The molecule has 0 saturated carbocycles. The molecule has 2 rings (SSSR count). The summed E-state index contributed by atoms with van der Waals surface area (Å²) in [4.78, 5) is 0. The molecule has 18 heavy (non-hydrogen) atoms. The molecule has 1 aromatic carbocycles. The van der Waals surface area contributed by atoms with Crippen molar-refractivity contribution in [3.8, 4) is 0 Å². The highest BCUT2D eigenvalue weighted by molar-refractivity contribution is 5.35. The van der Waals surface area contributed by atoms with Crippen molar-refractivity contribution in [2.75, 3.05) is 7.11 Å². The summed E-state index contributed by atoms with van der Waals surface area (Å²) in [5, 5.41) is 0. The molecule has 2 unspecified atom stereocenters. The fourth-order valence-corrected chi connectivity index (χ4v) is 2.78. The summed E-state index contributed by atoms with van der Waals surface area (Å²) in [6.45, 7) is 4.23. The van der Waals surface area contributed by atoms with Gasteiger partial charge in [0.05, 0.1) is 5.60 Å². The van der Waals surface area contributed by atoms with Crippen LogP contribution in [0.4, 0.5) is 0 Å². The molecule has 1 aliphatic carbocycles. The second-order valence-corrected chi connectivity index (χ2v) is 5.64. The van der Waals surface area contributed by atoms with E-state index in [0.717, 1.165) is 12.8 Å². The first-order valence-corrected chi connectivity index (χ1v) is 7.00. The Balaban J connectivity index is 2.09. The lowest BCUT2D eigenvalue weighted by molar-refractivity contribution is -0.0184. The highest BCUT2D eigenvalue weighted by atomic mass is 16.5. The van der Waals surface area contributed by atoms with Crippen LogP contribution in [-0.4, -0.2) is 18.8 Å². The molecule has 2 heteroatoms. The topological polar surface area (TPSA) is 35.2 Å². The molecule has 0 aliphatic heterocycles. The summed E-state index contributed by atoms with van der Waals surface area (Å²) >= 11 is 0.